The molecule has 2 N–H and O–H groups in total. The lowest BCUT2D eigenvalue weighted by molar-refractivity contribution is 0.101. The van der Waals surface area contributed by atoms with Crippen LogP contribution in [0.2, 0.25) is 0 Å². The molecule has 138 valence electrons. The molecule has 1 amide bonds. The van der Waals surface area contributed by atoms with Crippen molar-refractivity contribution < 1.29 is 13.2 Å². The first-order valence-corrected chi connectivity index (χ1v) is 9.72. The predicted octanol–water partition coefficient (Wildman–Crippen LogP) is 1.95. The average molecular weight is 375 g/mol. The molecule has 3 rings (SSSR count). The molecule has 0 unspecified atom stereocenters. The summed E-state index contributed by atoms with van der Waals surface area (Å²) in [5, 5.41) is 2.80. The van der Waals surface area contributed by atoms with Crippen LogP contribution < -0.4 is 10.0 Å². The maximum absolute atomic E-state index is 12.7. The van der Waals surface area contributed by atoms with Crippen molar-refractivity contribution in [3.8, 4) is 0 Å². The molecule has 0 fully saturated rings. The number of amides is 1. The smallest absolute Gasteiger partial charge is 0.274 e. The lowest BCUT2D eigenvalue weighted by Gasteiger charge is -2.09. The van der Waals surface area contributed by atoms with Gasteiger partial charge >= 0.3 is 0 Å². The molecule has 0 aliphatic rings. The van der Waals surface area contributed by atoms with E-state index in [1.54, 1.807) is 7.05 Å². The molecule has 0 atom stereocenters. The van der Waals surface area contributed by atoms with E-state index in [4.69, 9.17) is 0 Å². The Bertz CT molecular complexity index is 1070. The summed E-state index contributed by atoms with van der Waals surface area (Å²) in [6.45, 7) is 2.76. The summed E-state index contributed by atoms with van der Waals surface area (Å²) in [4.78, 5) is 17.2. The number of hydrogen-bond acceptors (Lipinski definition) is 4. The van der Waals surface area contributed by atoms with Crippen molar-refractivity contribution in [1.29, 1.82) is 0 Å². The minimum Gasteiger partial charge on any atom is -0.345 e. The molecule has 8 nitrogen and oxygen atoms in total. The molecule has 2 aromatic heterocycles. The van der Waals surface area contributed by atoms with E-state index in [0.717, 1.165) is 17.5 Å². The van der Waals surface area contributed by atoms with Crippen LogP contribution in [-0.2, 0) is 23.6 Å². The zero-order valence-corrected chi connectivity index (χ0v) is 15.7. The molecule has 1 aromatic carbocycles. The molecule has 0 saturated carbocycles. The highest BCUT2D eigenvalue weighted by molar-refractivity contribution is 7.89. The molecule has 26 heavy (non-hydrogen) atoms. The molecular weight excluding hydrogens is 354 g/mol. The van der Waals surface area contributed by atoms with Gasteiger partial charge in [0.25, 0.3) is 5.91 Å². The van der Waals surface area contributed by atoms with E-state index >= 15 is 0 Å². The number of hydrogen-bond donors (Lipinski definition) is 2. The number of nitrogens with zero attached hydrogens (tertiary/aromatic N) is 3. The second-order valence-electron chi connectivity index (χ2n) is 5.91. The monoisotopic (exact) mass is 375 g/mol. The molecule has 2 heterocycles. The molecule has 0 saturated heterocycles. The van der Waals surface area contributed by atoms with E-state index in [1.165, 1.54) is 23.9 Å². The standard InChI is InChI=1S/C17H21N5O3S/c1-4-9-22-14-8-6-5-7-13(14)19-17(22)20-16(23)15-10-12(11-21(15)3)26(24,25)18-2/h5-8,10-11,18H,4,9H2,1-3H3,(H,19,20,23). The molecule has 9 heteroatoms. The Labute approximate surface area is 151 Å². The topological polar surface area (TPSA) is 98.0 Å². The molecule has 3 aromatic rings. The number of sulfonamides is 1. The minimum atomic E-state index is -3.62. The van der Waals surface area contributed by atoms with Crippen molar-refractivity contribution in [2.24, 2.45) is 7.05 Å². The summed E-state index contributed by atoms with van der Waals surface area (Å²) in [5.74, 6) is 0.0231. The summed E-state index contributed by atoms with van der Waals surface area (Å²) in [5.41, 5.74) is 1.96. The van der Waals surface area contributed by atoms with Gasteiger partial charge in [-0.3, -0.25) is 10.1 Å². The summed E-state index contributed by atoms with van der Waals surface area (Å²) in [6, 6.07) is 9.00. The first-order valence-electron chi connectivity index (χ1n) is 8.24. The first-order chi connectivity index (χ1) is 12.4. The summed E-state index contributed by atoms with van der Waals surface area (Å²) < 4.78 is 29.5. The van der Waals surface area contributed by atoms with Gasteiger partial charge in [0.2, 0.25) is 16.0 Å². The normalized spacial score (nSPS) is 11.8. The third-order valence-corrected chi connectivity index (χ3v) is 5.50. The van der Waals surface area contributed by atoms with Crippen LogP contribution in [0, 0.1) is 0 Å². The zero-order valence-electron chi connectivity index (χ0n) is 14.9. The van der Waals surface area contributed by atoms with E-state index < -0.39 is 15.9 Å². The van der Waals surface area contributed by atoms with Crippen LogP contribution in [0.15, 0.2) is 41.4 Å². The molecule has 0 aliphatic heterocycles. The van der Waals surface area contributed by atoms with Crippen molar-refractivity contribution in [3.63, 3.8) is 0 Å². The fraction of sp³-hybridized carbons (Fsp3) is 0.294. The van der Waals surface area contributed by atoms with Crippen molar-refractivity contribution >= 4 is 32.9 Å². The summed E-state index contributed by atoms with van der Waals surface area (Å²) in [6.07, 6.45) is 2.29. The Morgan fingerprint density at radius 3 is 2.69 bits per heavy atom. The molecule has 0 radical (unpaired) electrons. The second kappa shape index (κ2) is 6.93. The second-order valence-corrected chi connectivity index (χ2v) is 7.80. The number of aryl methyl sites for hydroxylation is 2. The molecular formula is C17H21N5O3S. The van der Waals surface area contributed by atoms with E-state index in [-0.39, 0.29) is 10.6 Å². The Kier molecular flexibility index (Phi) is 4.84. The van der Waals surface area contributed by atoms with Crippen LogP contribution in [0.5, 0.6) is 0 Å². The number of benzene rings is 1. The number of aromatic nitrogens is 3. The average Bonchev–Trinajstić information content (AvgIpc) is 3.17. The zero-order chi connectivity index (χ0) is 18.9. The van der Waals surface area contributed by atoms with Gasteiger partial charge in [-0.05, 0) is 31.7 Å². The fourth-order valence-corrected chi connectivity index (χ4v) is 3.61. The van der Waals surface area contributed by atoms with Crippen LogP contribution >= 0.6 is 0 Å². The predicted molar refractivity (Wildman–Crippen MR) is 99.6 cm³/mol. The van der Waals surface area contributed by atoms with Gasteiger partial charge in [0, 0.05) is 19.8 Å². The lowest BCUT2D eigenvalue weighted by atomic mass is 10.3. The summed E-state index contributed by atoms with van der Waals surface area (Å²) in [7, 11) is -0.663. The van der Waals surface area contributed by atoms with Crippen molar-refractivity contribution in [2.45, 2.75) is 24.8 Å². The van der Waals surface area contributed by atoms with Gasteiger partial charge in [-0.15, -0.1) is 0 Å². The quantitative estimate of drug-likeness (QED) is 0.688. The first kappa shape index (κ1) is 18.2. The number of fused-ring (bicyclic) bond motifs is 1. The SMILES string of the molecule is CCCn1c(NC(=O)c2cc(S(=O)(=O)NC)cn2C)nc2ccccc21. The number of imidazole rings is 1. The van der Waals surface area contributed by atoms with Crippen LogP contribution in [0.25, 0.3) is 11.0 Å². The van der Waals surface area contributed by atoms with E-state index in [0.29, 0.717) is 12.5 Å². The van der Waals surface area contributed by atoms with E-state index in [1.807, 2.05) is 35.8 Å². The van der Waals surface area contributed by atoms with Gasteiger partial charge in [0.15, 0.2) is 0 Å². The third kappa shape index (κ3) is 3.23. The van der Waals surface area contributed by atoms with Crippen LogP contribution in [0.1, 0.15) is 23.8 Å². The van der Waals surface area contributed by atoms with Gasteiger partial charge in [-0.1, -0.05) is 19.1 Å². The van der Waals surface area contributed by atoms with Gasteiger partial charge in [0.05, 0.1) is 11.0 Å². The highest BCUT2D eigenvalue weighted by Gasteiger charge is 2.21. The van der Waals surface area contributed by atoms with Gasteiger partial charge in [0.1, 0.15) is 10.6 Å². The minimum absolute atomic E-state index is 0.0368. The van der Waals surface area contributed by atoms with Crippen molar-refractivity contribution in [3.05, 3.63) is 42.2 Å². The highest BCUT2D eigenvalue weighted by Crippen LogP contribution is 2.21. The van der Waals surface area contributed by atoms with Crippen LogP contribution in [-0.4, -0.2) is 35.5 Å². The number of para-hydroxylation sites is 2. The highest BCUT2D eigenvalue weighted by atomic mass is 32.2. The number of carbonyl (C=O) groups excluding carboxylic acids is 1. The van der Waals surface area contributed by atoms with Gasteiger partial charge in [-0.2, -0.15) is 0 Å². The molecule has 0 bridgehead atoms. The third-order valence-electron chi connectivity index (χ3n) is 4.12. The van der Waals surface area contributed by atoms with Crippen molar-refractivity contribution in [2.75, 3.05) is 12.4 Å². The Hall–Kier alpha value is -2.65. The number of anilines is 1. The maximum atomic E-state index is 12.7. The fourth-order valence-electron chi connectivity index (χ4n) is 2.81. The van der Waals surface area contributed by atoms with Gasteiger partial charge < -0.3 is 9.13 Å². The largest absolute Gasteiger partial charge is 0.345 e. The lowest BCUT2D eigenvalue weighted by Crippen LogP contribution is -2.19. The Balaban J connectivity index is 1.96. The van der Waals surface area contributed by atoms with Crippen molar-refractivity contribution in [1.82, 2.24) is 18.8 Å². The molecule has 0 spiro atoms. The van der Waals surface area contributed by atoms with E-state index in [9.17, 15) is 13.2 Å². The van der Waals surface area contributed by atoms with E-state index in [2.05, 4.69) is 15.0 Å². The number of nitrogens with one attached hydrogen (secondary N) is 2. The maximum Gasteiger partial charge on any atom is 0.274 e. The number of carbonyl (C=O) groups is 1. The Morgan fingerprint density at radius 1 is 1.27 bits per heavy atom. The summed E-state index contributed by atoms with van der Waals surface area (Å²) >= 11 is 0. The number of rotatable bonds is 6. The van der Waals surface area contributed by atoms with Crippen LogP contribution in [0.3, 0.4) is 0 Å². The molecule has 0 aliphatic carbocycles. The van der Waals surface area contributed by atoms with Gasteiger partial charge in [-0.25, -0.2) is 18.1 Å². The van der Waals surface area contributed by atoms with Crippen LogP contribution in [0.4, 0.5) is 5.95 Å². The Morgan fingerprint density at radius 2 is 2.00 bits per heavy atom.